The molecular weight excluding hydrogens is 242 g/mol. The maximum absolute atomic E-state index is 5.22. The molecule has 0 aromatic heterocycles. The average molecular weight is 256 g/mol. The van der Waals surface area contributed by atoms with E-state index >= 15 is 0 Å². The summed E-state index contributed by atoms with van der Waals surface area (Å²) in [6.07, 6.45) is 0.618. The first-order chi connectivity index (χ1) is 5.54. The largest absolute Gasteiger partial charge is 0.166 e. The molecular formula is C6H14Cl2O3V. The summed E-state index contributed by atoms with van der Waals surface area (Å²) >= 11 is 8.20. The Hall–Kier alpha value is 1.04. The summed E-state index contributed by atoms with van der Waals surface area (Å²) in [7, 11) is 0. The van der Waals surface area contributed by atoms with Crippen LogP contribution in [0.4, 0.5) is 0 Å². The van der Waals surface area contributed by atoms with Gasteiger partial charge in [0.2, 0.25) is 0 Å². The van der Waals surface area contributed by atoms with E-state index in [1.165, 1.54) is 0 Å². The van der Waals surface area contributed by atoms with Gasteiger partial charge in [-0.15, -0.1) is 0 Å². The van der Waals surface area contributed by atoms with Crippen LogP contribution in [0, 0.1) is 0 Å². The minimum atomic E-state index is -0.328. The first-order valence-corrected chi connectivity index (χ1v) is 5.21. The van der Waals surface area contributed by atoms with Gasteiger partial charge in [0.15, 0.2) is 0 Å². The van der Waals surface area contributed by atoms with Crippen molar-refractivity contribution in [1.82, 2.24) is 0 Å². The Balaban J connectivity index is 0. The maximum atomic E-state index is 5.22. The monoisotopic (exact) mass is 255 g/mol. The molecule has 0 atom stereocenters. The van der Waals surface area contributed by atoms with Gasteiger partial charge in [-0.2, -0.15) is 3.84 Å². The fraction of sp³-hybridized carbons (Fsp3) is 1.00. The van der Waals surface area contributed by atoms with Gasteiger partial charge in [-0.25, -0.2) is 0 Å². The molecule has 0 aromatic carbocycles. The van der Waals surface area contributed by atoms with Gasteiger partial charge in [0.1, 0.15) is 0 Å². The van der Waals surface area contributed by atoms with Crippen LogP contribution in [0.1, 0.15) is 27.7 Å². The normalized spacial score (nSPS) is 9.67. The zero-order valence-electron chi connectivity index (χ0n) is 7.58. The van der Waals surface area contributed by atoms with Crippen molar-refractivity contribution in [2.75, 3.05) is 0 Å². The van der Waals surface area contributed by atoms with Crippen LogP contribution in [0.25, 0.3) is 0 Å². The van der Waals surface area contributed by atoms with Crippen LogP contribution < -0.4 is 0 Å². The zero-order chi connectivity index (χ0) is 9.98. The van der Waals surface area contributed by atoms with E-state index in [1.807, 2.05) is 27.7 Å². The molecule has 0 fully saturated rings. The molecule has 0 saturated carbocycles. The van der Waals surface area contributed by atoms with Gasteiger partial charge < -0.3 is 0 Å². The quantitative estimate of drug-likeness (QED) is 0.773. The molecule has 0 radical (unpaired) electrons. The Labute approximate surface area is 91.8 Å². The molecule has 3 nitrogen and oxygen atoms in total. The van der Waals surface area contributed by atoms with E-state index < -0.39 is 0 Å². The molecule has 0 N–H and O–H groups in total. The third kappa shape index (κ3) is 22.5. The van der Waals surface area contributed by atoms with Crippen LogP contribution in [0.5, 0.6) is 0 Å². The van der Waals surface area contributed by atoms with E-state index in [0.717, 1.165) is 0 Å². The van der Waals surface area contributed by atoms with Crippen molar-refractivity contribution < 1.29 is 28.2 Å². The summed E-state index contributed by atoms with van der Waals surface area (Å²) in [5.41, 5.74) is 0. The van der Waals surface area contributed by atoms with Crippen molar-refractivity contribution in [2.45, 2.75) is 39.9 Å². The van der Waals surface area contributed by atoms with Crippen molar-refractivity contribution in [1.29, 1.82) is 0 Å². The van der Waals surface area contributed by atoms with Gasteiger partial charge >= 0.3 is 64.2 Å². The fourth-order valence-corrected chi connectivity index (χ4v) is 0.812. The molecule has 0 aliphatic heterocycles. The first-order valence-electron chi connectivity index (χ1n) is 3.45. The minimum absolute atomic E-state index is 0.309. The van der Waals surface area contributed by atoms with Gasteiger partial charge in [0.05, 0.1) is 23.7 Å². The molecule has 75 valence electrons. The maximum Gasteiger partial charge on any atom is 0.0832 e. The van der Waals surface area contributed by atoms with E-state index in [2.05, 4.69) is 27.6 Å². The third-order valence-electron chi connectivity index (χ3n) is 0.508. The van der Waals surface area contributed by atoms with E-state index in [4.69, 9.17) is 7.32 Å². The fourth-order valence-electron chi connectivity index (χ4n) is 0.197. The van der Waals surface area contributed by atoms with Crippen molar-refractivity contribution >= 4 is 23.7 Å². The second kappa shape index (κ2) is 12.0. The molecule has 6 heteroatoms. The second-order valence-electron chi connectivity index (χ2n) is 2.44. The predicted octanol–water partition coefficient (Wildman–Crippen LogP) is 3.06. The van der Waals surface area contributed by atoms with Crippen molar-refractivity contribution in [3.8, 4) is 0 Å². The van der Waals surface area contributed by atoms with Crippen molar-refractivity contribution in [3.05, 3.63) is 0 Å². The van der Waals surface area contributed by atoms with Crippen molar-refractivity contribution in [2.24, 2.45) is 0 Å². The van der Waals surface area contributed by atoms with Crippen molar-refractivity contribution in [3.63, 3.8) is 0 Å². The molecule has 0 aliphatic rings. The van der Waals surface area contributed by atoms with Gasteiger partial charge in [-0.1, -0.05) is 0 Å². The van der Waals surface area contributed by atoms with Gasteiger partial charge in [-0.3, -0.25) is 0 Å². The van der Waals surface area contributed by atoms with E-state index in [-0.39, 0.29) is 17.0 Å². The van der Waals surface area contributed by atoms with Crippen LogP contribution in [-0.2, 0) is 28.2 Å². The zero-order valence-corrected chi connectivity index (χ0v) is 10.5. The number of hydrogen-bond acceptors (Lipinski definition) is 3. The van der Waals surface area contributed by atoms with E-state index in [9.17, 15) is 0 Å². The summed E-state index contributed by atoms with van der Waals surface area (Å²) in [6, 6.07) is 0. The molecule has 0 saturated heterocycles. The Bertz CT molecular complexity index is 75.2. The van der Waals surface area contributed by atoms with Crippen LogP contribution in [0.2, 0.25) is 0 Å². The SMILES string of the molecule is CC(C)[O][V][O]C(C)C.ClOCl. The molecule has 0 unspecified atom stereocenters. The molecule has 0 heterocycles. The molecule has 0 amide bonds. The van der Waals surface area contributed by atoms with Gasteiger partial charge in [-0.05, 0) is 0 Å². The molecule has 0 aliphatic carbocycles. The smallest absolute Gasteiger partial charge is 0.0832 e. The molecule has 0 spiro atoms. The first kappa shape index (κ1) is 15.5. The third-order valence-corrected chi connectivity index (χ3v) is 2.09. The predicted molar refractivity (Wildman–Crippen MR) is 45.2 cm³/mol. The van der Waals surface area contributed by atoms with Crippen LogP contribution >= 0.6 is 23.7 Å². The average Bonchev–Trinajstić information content (AvgIpc) is 1.87. The topological polar surface area (TPSA) is 27.7 Å². The summed E-state index contributed by atoms with van der Waals surface area (Å²) < 4.78 is 13.6. The Kier molecular flexibility index (Phi) is 15.6. The summed E-state index contributed by atoms with van der Waals surface area (Å²) in [6.45, 7) is 8.05. The van der Waals surface area contributed by atoms with Crippen LogP contribution in [0.15, 0.2) is 0 Å². The van der Waals surface area contributed by atoms with Crippen LogP contribution in [-0.4, -0.2) is 12.2 Å². The standard InChI is InChI=1S/2C3H7O.Cl2O.V/c2*1-3(2)4;1-3-2;/h2*3H,1-2H3;;/q2*-1;;+2. The summed E-state index contributed by atoms with van der Waals surface area (Å²) in [4.78, 5) is 0. The molecule has 12 heavy (non-hydrogen) atoms. The van der Waals surface area contributed by atoms with Gasteiger partial charge in [0, 0.05) is 0 Å². The molecule has 0 aromatic rings. The molecule has 0 bridgehead atoms. The number of rotatable bonds is 4. The summed E-state index contributed by atoms with van der Waals surface area (Å²) in [5.74, 6) is 0. The van der Waals surface area contributed by atoms with E-state index in [0.29, 0.717) is 12.2 Å². The Morgan fingerprint density at radius 3 is 1.33 bits per heavy atom. The second-order valence-corrected chi connectivity index (χ2v) is 3.80. The molecule has 0 rings (SSSR count). The number of halogens is 2. The Morgan fingerprint density at radius 1 is 0.917 bits per heavy atom. The minimum Gasteiger partial charge on any atom is -0.166 e. The van der Waals surface area contributed by atoms with Crippen LogP contribution in [0.3, 0.4) is 0 Å². The Morgan fingerprint density at radius 2 is 1.17 bits per heavy atom. The van der Waals surface area contributed by atoms with Gasteiger partial charge in [0.25, 0.3) is 0 Å². The number of hydrogen-bond donors (Lipinski definition) is 0. The summed E-state index contributed by atoms with van der Waals surface area (Å²) in [5, 5.41) is 0. The van der Waals surface area contributed by atoms with E-state index in [1.54, 1.807) is 0 Å².